The Hall–Kier alpha value is -5.78. The van der Waals surface area contributed by atoms with Gasteiger partial charge in [0.2, 0.25) is 0 Å². The van der Waals surface area contributed by atoms with Crippen LogP contribution in [0.2, 0.25) is 0 Å². The highest BCUT2D eigenvalue weighted by Crippen LogP contribution is 2.08. The second-order valence-corrected chi connectivity index (χ2v) is 17.5. The van der Waals surface area contributed by atoms with Crippen LogP contribution in [0.1, 0.15) is 181 Å². The molecule has 0 radical (unpaired) electrons. The Morgan fingerprint density at radius 1 is 0.311 bits per heavy atom. The summed E-state index contributed by atoms with van der Waals surface area (Å²) >= 11 is 0. The topological polar surface area (TPSA) is 72.8 Å². The van der Waals surface area contributed by atoms with Crippen LogP contribution in [0.4, 0.5) is 0 Å². The van der Waals surface area contributed by atoms with Gasteiger partial charge >= 0.3 is 11.9 Å². The second-order valence-electron chi connectivity index (χ2n) is 17.5. The molecule has 5 heteroatoms. The van der Waals surface area contributed by atoms with Crippen LogP contribution in [0.5, 0.6) is 0 Å². The van der Waals surface area contributed by atoms with Crippen molar-refractivity contribution < 1.29 is 24.2 Å². The summed E-state index contributed by atoms with van der Waals surface area (Å²) in [4.78, 5) is 24.5. The molecule has 0 bridgehead atoms. The van der Waals surface area contributed by atoms with Crippen molar-refractivity contribution in [2.24, 2.45) is 0 Å². The molecule has 0 heterocycles. The number of hydrogen-bond donors (Lipinski definition) is 1. The van der Waals surface area contributed by atoms with E-state index in [9.17, 15) is 14.7 Å². The molecule has 1 N–H and O–H groups in total. The molecule has 5 nitrogen and oxygen atoms in total. The van der Waals surface area contributed by atoms with E-state index in [0.717, 1.165) is 148 Å². The van der Waals surface area contributed by atoms with Gasteiger partial charge in [-0.2, -0.15) is 0 Å². The van der Waals surface area contributed by atoms with Gasteiger partial charge in [0.05, 0.1) is 6.61 Å². The highest BCUT2D eigenvalue weighted by Gasteiger charge is 2.16. The quantitative estimate of drug-likeness (QED) is 0.0373. The molecule has 0 aliphatic carbocycles. The minimum Gasteiger partial charge on any atom is -0.462 e. The molecule has 0 amide bonds. The zero-order chi connectivity index (χ0) is 53.4. The van der Waals surface area contributed by atoms with Crippen molar-refractivity contribution in [1.82, 2.24) is 0 Å². The predicted molar refractivity (Wildman–Crippen MR) is 324 cm³/mol. The van der Waals surface area contributed by atoms with Crippen LogP contribution >= 0.6 is 0 Å². The third kappa shape index (κ3) is 58.8. The van der Waals surface area contributed by atoms with Crippen LogP contribution in [0.3, 0.4) is 0 Å². The lowest BCUT2D eigenvalue weighted by molar-refractivity contribution is -0.161. The van der Waals surface area contributed by atoms with E-state index < -0.39 is 6.10 Å². The maximum atomic E-state index is 12.3. The smallest absolute Gasteiger partial charge is 0.306 e. The Kier molecular flexibility index (Phi) is 56.7. The van der Waals surface area contributed by atoms with Crippen LogP contribution in [-0.4, -0.2) is 36.4 Å². The lowest BCUT2D eigenvalue weighted by Gasteiger charge is -2.15. The van der Waals surface area contributed by atoms with E-state index in [1.165, 1.54) is 0 Å². The summed E-state index contributed by atoms with van der Waals surface area (Å²) < 4.78 is 10.6. The van der Waals surface area contributed by atoms with Crippen molar-refractivity contribution >= 4 is 11.9 Å². The maximum absolute atomic E-state index is 12.3. The highest BCUT2D eigenvalue weighted by molar-refractivity contribution is 5.70. The standard InChI is InChI=1S/C69H100O5/c1-3-5-7-9-11-13-15-17-19-21-23-25-27-29-31-32-33-34-35-36-38-40-42-44-46-48-50-52-54-56-58-60-62-64-69(72)74-67(65-70)66-73-68(71)63-61-59-57-55-53-51-49-47-45-43-41-39-37-30-28-26-24-22-20-18-16-14-12-10-8-6-4-2/h5-8,11-14,17-20,23-26,29-31,33-34,36-38,41-44,47-50,53-56,67,70H,3-4,9-10,15-16,21-22,27-28,32,35,39-40,45-46,51-52,57-66H2,1-2H3/b7-5-,8-6-,13-11-,14-12-,19-17-,20-18-,25-23-,26-24-,31-29-,34-33-,37-30-,38-36-,43-41-,44-42-,49-47-,50-48-,55-53-,56-54-. The first-order valence-corrected chi connectivity index (χ1v) is 28.3. The average molecular weight is 1010 g/mol. The summed E-state index contributed by atoms with van der Waals surface area (Å²) in [6, 6.07) is 0. The number of esters is 2. The number of unbranched alkanes of at least 4 members (excludes halogenated alkanes) is 4. The molecule has 0 aromatic heterocycles. The van der Waals surface area contributed by atoms with Gasteiger partial charge in [-0.15, -0.1) is 0 Å². The largest absolute Gasteiger partial charge is 0.462 e. The van der Waals surface area contributed by atoms with Crippen molar-refractivity contribution in [3.05, 3.63) is 219 Å². The minimum atomic E-state index is -0.834. The molecule has 1 unspecified atom stereocenters. The number of ether oxygens (including phenoxy) is 2. The number of rotatable bonds is 48. The SMILES string of the molecule is CC/C=C\C/C=C\C/C=C\C/C=C\C/C=C\C/C=C\C/C=C\C/C=C\C/C=C\C/C=C\CCCCC(=O)OC(CO)COC(=O)CCCC/C=C\C/C=C\C/C=C\C/C=C\C/C=C\C/C=C\C/C=C\C/C=C\CC. The monoisotopic (exact) mass is 1010 g/mol. The third-order valence-corrected chi connectivity index (χ3v) is 10.8. The Morgan fingerprint density at radius 2 is 0.527 bits per heavy atom. The molecule has 406 valence electrons. The predicted octanol–water partition coefficient (Wildman–Crippen LogP) is 19.6. The fraction of sp³-hybridized carbons (Fsp3) is 0.449. The third-order valence-electron chi connectivity index (χ3n) is 10.8. The minimum absolute atomic E-state index is 0.124. The van der Waals surface area contributed by atoms with E-state index in [4.69, 9.17) is 9.47 Å². The summed E-state index contributed by atoms with van der Waals surface area (Å²) in [7, 11) is 0. The fourth-order valence-corrected chi connectivity index (χ4v) is 6.60. The second kappa shape index (κ2) is 61.5. The molecule has 1 atom stereocenters. The van der Waals surface area contributed by atoms with Gasteiger partial charge in [-0.3, -0.25) is 9.59 Å². The van der Waals surface area contributed by atoms with Gasteiger partial charge in [0, 0.05) is 12.8 Å². The van der Waals surface area contributed by atoms with Gasteiger partial charge in [-0.25, -0.2) is 0 Å². The van der Waals surface area contributed by atoms with Crippen LogP contribution < -0.4 is 0 Å². The Balaban J connectivity index is 3.79. The molecular formula is C69H100O5. The molecule has 0 aromatic rings. The summed E-state index contributed by atoms with van der Waals surface area (Å²) in [5.41, 5.74) is 0. The first-order chi connectivity index (χ1) is 36.6. The normalized spacial score (nSPS) is 13.9. The zero-order valence-electron chi connectivity index (χ0n) is 46.2. The van der Waals surface area contributed by atoms with Crippen molar-refractivity contribution in [2.45, 2.75) is 187 Å². The van der Waals surface area contributed by atoms with Gasteiger partial charge in [0.25, 0.3) is 0 Å². The first kappa shape index (κ1) is 68.2. The van der Waals surface area contributed by atoms with Crippen molar-refractivity contribution in [1.29, 1.82) is 0 Å². The summed E-state index contributed by atoms with van der Waals surface area (Å²) in [5, 5.41) is 9.64. The number of aliphatic hydroxyl groups excluding tert-OH is 1. The molecule has 74 heavy (non-hydrogen) atoms. The Labute approximate surface area is 452 Å². The van der Waals surface area contributed by atoms with Gasteiger partial charge in [0.1, 0.15) is 6.61 Å². The molecular weight excluding hydrogens is 909 g/mol. The van der Waals surface area contributed by atoms with Crippen LogP contribution in [0.15, 0.2) is 219 Å². The summed E-state index contributed by atoms with van der Waals surface area (Å²) in [6.07, 6.45) is 102. The van der Waals surface area contributed by atoms with E-state index in [1.54, 1.807) is 0 Å². The molecule has 0 aliphatic rings. The van der Waals surface area contributed by atoms with Gasteiger partial charge in [-0.05, 0) is 154 Å². The molecule has 0 saturated carbocycles. The Morgan fingerprint density at radius 3 is 0.757 bits per heavy atom. The molecule has 0 spiro atoms. The first-order valence-electron chi connectivity index (χ1n) is 28.3. The van der Waals surface area contributed by atoms with Crippen molar-refractivity contribution in [3.8, 4) is 0 Å². The van der Waals surface area contributed by atoms with E-state index in [2.05, 4.69) is 233 Å². The average Bonchev–Trinajstić information content (AvgIpc) is 3.40. The molecule has 0 aromatic carbocycles. The highest BCUT2D eigenvalue weighted by atomic mass is 16.6. The maximum Gasteiger partial charge on any atom is 0.306 e. The number of carbonyl (C=O) groups is 2. The zero-order valence-corrected chi connectivity index (χ0v) is 46.2. The number of hydrogen-bond acceptors (Lipinski definition) is 5. The number of carbonyl (C=O) groups excluding carboxylic acids is 2. The lowest BCUT2D eigenvalue weighted by Crippen LogP contribution is -2.28. The summed E-state index contributed by atoms with van der Waals surface area (Å²) in [5.74, 6) is -0.716. The van der Waals surface area contributed by atoms with Crippen molar-refractivity contribution in [2.75, 3.05) is 13.2 Å². The van der Waals surface area contributed by atoms with Gasteiger partial charge in [0.15, 0.2) is 6.10 Å². The van der Waals surface area contributed by atoms with Gasteiger partial charge in [-0.1, -0.05) is 233 Å². The Bertz CT molecular complexity index is 1860. The molecule has 0 aliphatic heterocycles. The van der Waals surface area contributed by atoms with Crippen LogP contribution in [0, 0.1) is 0 Å². The van der Waals surface area contributed by atoms with E-state index in [-0.39, 0.29) is 31.6 Å². The summed E-state index contributed by atoms with van der Waals surface area (Å²) in [6.45, 7) is 3.81. The van der Waals surface area contributed by atoms with Gasteiger partial charge < -0.3 is 14.6 Å². The molecule has 0 rings (SSSR count). The van der Waals surface area contributed by atoms with E-state index >= 15 is 0 Å². The fourth-order valence-electron chi connectivity index (χ4n) is 6.60. The molecule has 0 fully saturated rings. The van der Waals surface area contributed by atoms with Crippen molar-refractivity contribution in [3.63, 3.8) is 0 Å². The number of aliphatic hydroxyl groups is 1. The lowest BCUT2D eigenvalue weighted by atomic mass is 10.1. The number of allylic oxidation sites excluding steroid dienone is 36. The molecule has 0 saturated heterocycles. The van der Waals surface area contributed by atoms with Crippen LogP contribution in [-0.2, 0) is 19.1 Å². The van der Waals surface area contributed by atoms with Crippen LogP contribution in [0.25, 0.3) is 0 Å². The van der Waals surface area contributed by atoms with E-state index in [1.807, 2.05) is 0 Å². The van der Waals surface area contributed by atoms with E-state index in [0.29, 0.717) is 12.8 Å².